The Balaban J connectivity index is 1.94. The molecule has 0 spiro atoms. The molecule has 1 saturated heterocycles. The normalized spacial score (nSPS) is 21.7. The molecule has 0 amide bonds. The summed E-state index contributed by atoms with van der Waals surface area (Å²) >= 11 is 0. The summed E-state index contributed by atoms with van der Waals surface area (Å²) in [5.74, 6) is 0. The molecule has 0 aliphatic carbocycles. The maximum absolute atomic E-state index is 10.4. The summed E-state index contributed by atoms with van der Waals surface area (Å²) in [5, 5.41) is 13.4. The van der Waals surface area contributed by atoms with Crippen molar-refractivity contribution in [3.05, 3.63) is 35.9 Å². The molecular formula is C15H24N2O. The Morgan fingerprint density at radius 3 is 2.44 bits per heavy atom. The van der Waals surface area contributed by atoms with E-state index in [1.165, 1.54) is 5.56 Å². The Morgan fingerprint density at radius 1 is 1.28 bits per heavy atom. The molecule has 1 aromatic carbocycles. The minimum atomic E-state index is -0.512. The highest BCUT2D eigenvalue weighted by Gasteiger charge is 2.33. The number of rotatable bonds is 4. The summed E-state index contributed by atoms with van der Waals surface area (Å²) < 4.78 is 0. The number of hydrogen-bond acceptors (Lipinski definition) is 3. The van der Waals surface area contributed by atoms with Crippen molar-refractivity contribution in [3.8, 4) is 0 Å². The van der Waals surface area contributed by atoms with Gasteiger partial charge in [0.25, 0.3) is 0 Å². The van der Waals surface area contributed by atoms with E-state index in [4.69, 9.17) is 0 Å². The number of likely N-dealkylation sites (tertiary alicyclic amines) is 1. The van der Waals surface area contributed by atoms with Crippen molar-refractivity contribution in [2.24, 2.45) is 0 Å². The van der Waals surface area contributed by atoms with E-state index in [1.807, 2.05) is 7.05 Å². The van der Waals surface area contributed by atoms with E-state index in [0.29, 0.717) is 12.6 Å². The molecule has 1 heterocycles. The van der Waals surface area contributed by atoms with Crippen LogP contribution < -0.4 is 5.32 Å². The van der Waals surface area contributed by atoms with E-state index >= 15 is 0 Å². The Morgan fingerprint density at radius 2 is 1.89 bits per heavy atom. The molecule has 18 heavy (non-hydrogen) atoms. The summed E-state index contributed by atoms with van der Waals surface area (Å²) in [5.41, 5.74) is 0.846. The standard InChI is InChI=1S/C15H24N2O/c1-13(14-6-4-3-5-7-14)17-10-8-15(18,9-11-17)12-16-2/h3-7,13,16,18H,8-12H2,1-2H3. The molecular weight excluding hydrogens is 224 g/mol. The number of hydrogen-bond donors (Lipinski definition) is 2. The van der Waals surface area contributed by atoms with E-state index in [0.717, 1.165) is 25.9 Å². The van der Waals surface area contributed by atoms with Crippen LogP contribution in [-0.4, -0.2) is 42.3 Å². The number of aliphatic hydroxyl groups is 1. The van der Waals surface area contributed by atoms with E-state index < -0.39 is 5.60 Å². The summed E-state index contributed by atoms with van der Waals surface area (Å²) in [6, 6.07) is 11.0. The van der Waals surface area contributed by atoms with Crippen LogP contribution in [0.4, 0.5) is 0 Å². The maximum Gasteiger partial charge on any atom is 0.0795 e. The minimum Gasteiger partial charge on any atom is -0.388 e. The molecule has 3 nitrogen and oxygen atoms in total. The molecule has 2 N–H and O–H groups in total. The lowest BCUT2D eigenvalue weighted by Gasteiger charge is -2.40. The van der Waals surface area contributed by atoms with Gasteiger partial charge in [0.2, 0.25) is 0 Å². The van der Waals surface area contributed by atoms with Gasteiger partial charge in [0.15, 0.2) is 0 Å². The van der Waals surface area contributed by atoms with Crippen LogP contribution in [0.1, 0.15) is 31.4 Å². The van der Waals surface area contributed by atoms with Gasteiger partial charge in [0, 0.05) is 25.7 Å². The second kappa shape index (κ2) is 5.83. The van der Waals surface area contributed by atoms with Crippen molar-refractivity contribution in [2.45, 2.75) is 31.4 Å². The van der Waals surface area contributed by atoms with Gasteiger partial charge in [-0.15, -0.1) is 0 Å². The average Bonchev–Trinajstić information content (AvgIpc) is 2.40. The molecule has 1 aromatic rings. The highest BCUT2D eigenvalue weighted by Crippen LogP contribution is 2.28. The molecule has 0 aromatic heterocycles. The highest BCUT2D eigenvalue weighted by molar-refractivity contribution is 5.18. The number of nitrogens with zero attached hydrogens (tertiary/aromatic N) is 1. The van der Waals surface area contributed by atoms with Crippen molar-refractivity contribution in [3.63, 3.8) is 0 Å². The molecule has 1 fully saturated rings. The molecule has 3 heteroatoms. The highest BCUT2D eigenvalue weighted by atomic mass is 16.3. The topological polar surface area (TPSA) is 35.5 Å². The van der Waals surface area contributed by atoms with Gasteiger partial charge in [-0.3, -0.25) is 4.90 Å². The first-order valence-electron chi connectivity index (χ1n) is 6.81. The van der Waals surface area contributed by atoms with Gasteiger partial charge in [-0.05, 0) is 32.4 Å². The van der Waals surface area contributed by atoms with Gasteiger partial charge >= 0.3 is 0 Å². The number of likely N-dealkylation sites (N-methyl/N-ethyl adjacent to an activating group) is 1. The maximum atomic E-state index is 10.4. The predicted molar refractivity (Wildman–Crippen MR) is 74.5 cm³/mol. The van der Waals surface area contributed by atoms with Crippen LogP contribution in [-0.2, 0) is 0 Å². The first-order valence-corrected chi connectivity index (χ1v) is 6.81. The van der Waals surface area contributed by atoms with Crippen molar-refractivity contribution < 1.29 is 5.11 Å². The lowest BCUT2D eigenvalue weighted by molar-refractivity contribution is -0.0271. The van der Waals surface area contributed by atoms with Crippen LogP contribution >= 0.6 is 0 Å². The number of benzene rings is 1. The van der Waals surface area contributed by atoms with Gasteiger partial charge in [-0.2, -0.15) is 0 Å². The zero-order valence-corrected chi connectivity index (χ0v) is 11.4. The van der Waals surface area contributed by atoms with Gasteiger partial charge in [0.05, 0.1) is 5.60 Å². The van der Waals surface area contributed by atoms with E-state index in [2.05, 4.69) is 47.5 Å². The molecule has 0 radical (unpaired) electrons. The Bertz CT molecular complexity index is 358. The van der Waals surface area contributed by atoms with Crippen molar-refractivity contribution >= 4 is 0 Å². The molecule has 1 atom stereocenters. The van der Waals surface area contributed by atoms with Gasteiger partial charge in [-0.1, -0.05) is 30.3 Å². The molecule has 2 rings (SSSR count). The molecule has 1 unspecified atom stereocenters. The lowest BCUT2D eigenvalue weighted by Crippen LogP contribution is -2.49. The second-order valence-corrected chi connectivity index (χ2v) is 5.38. The Labute approximate surface area is 110 Å². The average molecular weight is 248 g/mol. The molecule has 1 aliphatic heterocycles. The third-order valence-electron chi connectivity index (χ3n) is 4.06. The largest absolute Gasteiger partial charge is 0.388 e. The lowest BCUT2D eigenvalue weighted by atomic mass is 9.90. The second-order valence-electron chi connectivity index (χ2n) is 5.38. The molecule has 100 valence electrons. The summed E-state index contributed by atoms with van der Waals surface area (Å²) in [6.45, 7) is 4.88. The fraction of sp³-hybridized carbons (Fsp3) is 0.600. The SMILES string of the molecule is CNCC1(O)CCN(C(C)c2ccccc2)CC1. The van der Waals surface area contributed by atoms with Gasteiger partial charge in [-0.25, -0.2) is 0 Å². The first kappa shape index (κ1) is 13.5. The van der Waals surface area contributed by atoms with Crippen LogP contribution in [0.5, 0.6) is 0 Å². The quantitative estimate of drug-likeness (QED) is 0.853. The van der Waals surface area contributed by atoms with E-state index in [1.54, 1.807) is 0 Å². The zero-order chi connectivity index (χ0) is 13.0. The first-order chi connectivity index (χ1) is 8.64. The number of nitrogens with one attached hydrogen (secondary N) is 1. The molecule has 0 bridgehead atoms. The minimum absolute atomic E-state index is 0.435. The molecule has 0 saturated carbocycles. The monoisotopic (exact) mass is 248 g/mol. The third-order valence-corrected chi connectivity index (χ3v) is 4.06. The van der Waals surface area contributed by atoms with Crippen LogP contribution in [0.25, 0.3) is 0 Å². The summed E-state index contributed by atoms with van der Waals surface area (Å²) in [6.07, 6.45) is 1.70. The smallest absolute Gasteiger partial charge is 0.0795 e. The fourth-order valence-corrected chi connectivity index (χ4v) is 2.78. The summed E-state index contributed by atoms with van der Waals surface area (Å²) in [7, 11) is 1.90. The van der Waals surface area contributed by atoms with Gasteiger partial charge in [0.1, 0.15) is 0 Å². The third kappa shape index (κ3) is 3.10. The predicted octanol–water partition coefficient (Wildman–Crippen LogP) is 1.79. The number of piperidine rings is 1. The van der Waals surface area contributed by atoms with Crippen molar-refractivity contribution in [2.75, 3.05) is 26.7 Å². The molecule has 1 aliphatic rings. The van der Waals surface area contributed by atoms with Crippen molar-refractivity contribution in [1.82, 2.24) is 10.2 Å². The van der Waals surface area contributed by atoms with Crippen LogP contribution in [0, 0.1) is 0 Å². The summed E-state index contributed by atoms with van der Waals surface area (Å²) in [4.78, 5) is 2.46. The van der Waals surface area contributed by atoms with Crippen LogP contribution in [0.3, 0.4) is 0 Å². The van der Waals surface area contributed by atoms with Crippen molar-refractivity contribution in [1.29, 1.82) is 0 Å². The van der Waals surface area contributed by atoms with E-state index in [-0.39, 0.29) is 0 Å². The van der Waals surface area contributed by atoms with Crippen LogP contribution in [0.2, 0.25) is 0 Å². The Hall–Kier alpha value is -0.900. The van der Waals surface area contributed by atoms with E-state index in [9.17, 15) is 5.11 Å². The zero-order valence-electron chi connectivity index (χ0n) is 11.4. The fourth-order valence-electron chi connectivity index (χ4n) is 2.78. The van der Waals surface area contributed by atoms with Crippen LogP contribution in [0.15, 0.2) is 30.3 Å². The van der Waals surface area contributed by atoms with Gasteiger partial charge < -0.3 is 10.4 Å². The Kier molecular flexibility index (Phi) is 4.38.